The van der Waals surface area contributed by atoms with E-state index in [0.717, 1.165) is 6.20 Å². The maximum absolute atomic E-state index is 14.5. The molecule has 17 heteroatoms. The van der Waals surface area contributed by atoms with Gasteiger partial charge in [-0.05, 0) is 44.7 Å². The van der Waals surface area contributed by atoms with Gasteiger partial charge in [0.15, 0.2) is 11.8 Å². The van der Waals surface area contributed by atoms with E-state index in [1.165, 1.54) is 19.1 Å². The summed E-state index contributed by atoms with van der Waals surface area (Å²) in [5.41, 5.74) is 1.53. The first-order valence-electron chi connectivity index (χ1n) is 11.5. The molecule has 2 aromatic rings. The Kier molecular flexibility index (Phi) is 10.0. The number of nitrogens with one attached hydrogen (secondary N) is 1. The number of aromatic nitrogens is 2. The van der Waals surface area contributed by atoms with E-state index in [-0.39, 0.29) is 16.6 Å². The van der Waals surface area contributed by atoms with Crippen molar-refractivity contribution < 1.29 is 42.3 Å². The third-order valence-electron chi connectivity index (χ3n) is 5.52. The number of nitrogen functional groups attached to an aromatic ring is 1. The highest BCUT2D eigenvalue weighted by Gasteiger charge is 2.61. The molecule has 0 amide bonds. The Hall–Kier alpha value is -2.23. The molecule has 5 N–H and O–H groups in total. The number of nitrogens with zero attached hydrogens (tertiary/aromatic N) is 2. The number of halogens is 3. The second-order valence-corrected chi connectivity index (χ2v) is 12.4. The highest BCUT2D eigenvalue weighted by Crippen LogP contribution is 2.49. The SMILES string of the molecule is CC(C)OC(=O)[C@H](C)NP(=S)(OC[C@@]1(C(F)F)O[C@@H](n2cc(Cl)c(N)nc2=O)[C@H](O)[C@@H]1O)Oc1ccccc1. The van der Waals surface area contributed by atoms with Crippen molar-refractivity contribution in [3.63, 3.8) is 0 Å². The van der Waals surface area contributed by atoms with Crippen molar-refractivity contribution in [1.29, 1.82) is 0 Å². The summed E-state index contributed by atoms with van der Waals surface area (Å²) in [6.45, 7) is -0.260. The molecule has 1 aliphatic heterocycles. The number of hydrogen-bond acceptors (Lipinski definition) is 11. The van der Waals surface area contributed by atoms with Crippen molar-refractivity contribution in [1.82, 2.24) is 14.6 Å². The molecule has 3 rings (SSSR count). The Bertz CT molecular complexity index is 1280. The Morgan fingerprint density at radius 1 is 1.33 bits per heavy atom. The molecular formula is C22H28ClF2N4O8PS. The lowest BCUT2D eigenvalue weighted by molar-refractivity contribution is -0.192. The van der Waals surface area contributed by atoms with Crippen molar-refractivity contribution in [2.75, 3.05) is 12.3 Å². The molecule has 0 spiro atoms. The summed E-state index contributed by atoms with van der Waals surface area (Å²) < 4.78 is 51.6. The number of para-hydroxylation sites is 1. The van der Waals surface area contributed by atoms with Crippen molar-refractivity contribution in [2.24, 2.45) is 0 Å². The van der Waals surface area contributed by atoms with Crippen LogP contribution in [-0.4, -0.2) is 68.7 Å². The van der Waals surface area contributed by atoms with E-state index in [1.54, 1.807) is 32.0 Å². The average molecular weight is 613 g/mol. The third-order valence-corrected chi connectivity index (χ3v) is 8.29. The number of rotatable bonds is 11. The number of anilines is 1. The number of alkyl halides is 2. The van der Waals surface area contributed by atoms with Crippen LogP contribution in [0.25, 0.3) is 0 Å². The molecule has 216 valence electrons. The number of nitrogens with two attached hydrogens (primary N) is 1. The summed E-state index contributed by atoms with van der Waals surface area (Å²) in [5, 5.41) is 23.8. The van der Waals surface area contributed by atoms with E-state index in [1.807, 2.05) is 0 Å². The van der Waals surface area contributed by atoms with Crippen molar-refractivity contribution in [3.05, 3.63) is 52.0 Å². The molecule has 0 radical (unpaired) electrons. The van der Waals surface area contributed by atoms with E-state index in [4.69, 9.17) is 47.7 Å². The van der Waals surface area contributed by atoms with Gasteiger partial charge in [-0.15, -0.1) is 0 Å². The zero-order valence-electron chi connectivity index (χ0n) is 20.9. The summed E-state index contributed by atoms with van der Waals surface area (Å²) in [6.07, 6.45) is -9.11. The molecule has 2 heterocycles. The van der Waals surface area contributed by atoms with Gasteiger partial charge in [-0.2, -0.15) is 4.98 Å². The number of aliphatic hydroxyl groups is 2. The molecule has 6 atom stereocenters. The van der Waals surface area contributed by atoms with Gasteiger partial charge in [0.2, 0.25) is 0 Å². The van der Waals surface area contributed by atoms with Gasteiger partial charge in [-0.3, -0.25) is 9.36 Å². The van der Waals surface area contributed by atoms with Gasteiger partial charge in [0.05, 0.1) is 17.7 Å². The fourth-order valence-corrected chi connectivity index (χ4v) is 6.12. The molecule has 39 heavy (non-hydrogen) atoms. The Morgan fingerprint density at radius 3 is 2.56 bits per heavy atom. The van der Waals surface area contributed by atoms with Gasteiger partial charge < -0.3 is 34.5 Å². The highest BCUT2D eigenvalue weighted by molar-refractivity contribution is 8.09. The summed E-state index contributed by atoms with van der Waals surface area (Å²) in [6, 6.07) is 6.91. The molecule has 1 aliphatic rings. The third kappa shape index (κ3) is 7.11. The largest absolute Gasteiger partial charge is 0.462 e. The van der Waals surface area contributed by atoms with Crippen LogP contribution < -0.4 is 21.0 Å². The zero-order chi connectivity index (χ0) is 29.1. The van der Waals surface area contributed by atoms with Crippen LogP contribution >= 0.6 is 18.2 Å². The second kappa shape index (κ2) is 12.5. The molecular weight excluding hydrogens is 585 g/mol. The van der Waals surface area contributed by atoms with Crippen LogP contribution in [0.5, 0.6) is 5.75 Å². The fourth-order valence-electron chi connectivity index (χ4n) is 3.55. The number of esters is 1. The Balaban J connectivity index is 1.92. The van der Waals surface area contributed by atoms with Gasteiger partial charge in [-0.25, -0.2) is 18.7 Å². The molecule has 0 saturated carbocycles. The van der Waals surface area contributed by atoms with E-state index in [9.17, 15) is 28.6 Å². The van der Waals surface area contributed by atoms with Crippen LogP contribution in [0.1, 0.15) is 27.0 Å². The highest BCUT2D eigenvalue weighted by atomic mass is 35.5. The van der Waals surface area contributed by atoms with Gasteiger partial charge in [0, 0.05) is 6.20 Å². The molecule has 1 fully saturated rings. The first-order chi connectivity index (χ1) is 18.2. The Labute approximate surface area is 232 Å². The number of hydrogen-bond donors (Lipinski definition) is 4. The minimum absolute atomic E-state index is 0.198. The number of benzene rings is 1. The van der Waals surface area contributed by atoms with Crippen LogP contribution in [0.4, 0.5) is 14.6 Å². The van der Waals surface area contributed by atoms with Crippen molar-refractivity contribution in [3.8, 4) is 5.75 Å². The lowest BCUT2D eigenvalue weighted by atomic mass is 9.96. The summed E-state index contributed by atoms with van der Waals surface area (Å²) in [5.74, 6) is -0.837. The smallest absolute Gasteiger partial charge is 0.351 e. The van der Waals surface area contributed by atoms with E-state index < -0.39 is 67.5 Å². The normalized spacial score (nSPS) is 25.4. The lowest BCUT2D eigenvalue weighted by Gasteiger charge is -2.34. The molecule has 1 saturated heterocycles. The first-order valence-corrected chi connectivity index (χ1v) is 14.5. The molecule has 0 aliphatic carbocycles. The van der Waals surface area contributed by atoms with Gasteiger partial charge >= 0.3 is 18.3 Å². The topological polar surface area (TPSA) is 167 Å². The average Bonchev–Trinajstić information content (AvgIpc) is 3.11. The molecule has 0 bridgehead atoms. The fraction of sp³-hybridized carbons (Fsp3) is 0.500. The minimum Gasteiger partial charge on any atom is -0.462 e. The quantitative estimate of drug-likeness (QED) is 0.215. The van der Waals surface area contributed by atoms with Crippen LogP contribution in [0.2, 0.25) is 5.02 Å². The zero-order valence-corrected chi connectivity index (χ0v) is 23.4. The summed E-state index contributed by atoms with van der Waals surface area (Å²) in [4.78, 5) is 28.2. The predicted molar refractivity (Wildman–Crippen MR) is 140 cm³/mol. The van der Waals surface area contributed by atoms with E-state index >= 15 is 0 Å². The molecule has 1 unspecified atom stereocenters. The maximum atomic E-state index is 14.5. The first kappa shape index (κ1) is 31.3. The van der Waals surface area contributed by atoms with Crippen LogP contribution in [0.15, 0.2) is 41.3 Å². The molecule has 1 aromatic carbocycles. The van der Waals surface area contributed by atoms with Gasteiger partial charge in [-0.1, -0.05) is 29.8 Å². The summed E-state index contributed by atoms with van der Waals surface area (Å²) >= 11 is 11.4. The molecule has 1 aromatic heterocycles. The van der Waals surface area contributed by atoms with Crippen LogP contribution in [-0.2, 0) is 30.6 Å². The van der Waals surface area contributed by atoms with Crippen molar-refractivity contribution >= 4 is 41.8 Å². The number of ether oxygens (including phenoxy) is 2. The van der Waals surface area contributed by atoms with E-state index in [0.29, 0.717) is 4.57 Å². The Morgan fingerprint density at radius 2 is 1.97 bits per heavy atom. The number of carbonyl (C=O) groups excluding carboxylic acids is 1. The minimum atomic E-state index is -3.83. The second-order valence-electron chi connectivity index (χ2n) is 8.88. The van der Waals surface area contributed by atoms with E-state index in [2.05, 4.69) is 10.1 Å². The van der Waals surface area contributed by atoms with Gasteiger partial charge in [0.25, 0.3) is 6.43 Å². The van der Waals surface area contributed by atoms with Crippen molar-refractivity contribution in [2.45, 2.75) is 63.4 Å². The van der Waals surface area contributed by atoms with Gasteiger partial charge in [0.1, 0.15) is 29.8 Å². The van der Waals surface area contributed by atoms with Crippen LogP contribution in [0.3, 0.4) is 0 Å². The summed E-state index contributed by atoms with van der Waals surface area (Å²) in [7, 11) is 0. The lowest BCUT2D eigenvalue weighted by Crippen LogP contribution is -2.53. The standard InChI is InChI=1S/C22H28ClF2N4O8PS/c1-11(2)35-19(32)12(3)28-38(39,37-13-7-5-4-6-8-13)34-10-22(20(24)25)16(31)15(30)18(36-22)29-9-14(23)17(26)27-21(29)33/h4-9,11-12,15-16,18,20,30-31H,10H2,1-3H3,(H,28,39)(H2,26,27,33)/t12-,15+,16-,18+,22+,38?/m0/s1. The number of carbonyl (C=O) groups is 1. The number of aliphatic hydroxyl groups excluding tert-OH is 2. The maximum Gasteiger partial charge on any atom is 0.351 e. The monoisotopic (exact) mass is 612 g/mol. The molecule has 12 nitrogen and oxygen atoms in total. The predicted octanol–water partition coefficient (Wildman–Crippen LogP) is 1.98. The van der Waals surface area contributed by atoms with Crippen LogP contribution in [0, 0.1) is 0 Å².